The summed E-state index contributed by atoms with van der Waals surface area (Å²) < 4.78 is 12.2. The van der Waals surface area contributed by atoms with Crippen LogP contribution in [0.2, 0.25) is 0 Å². The number of benzene rings is 3. The summed E-state index contributed by atoms with van der Waals surface area (Å²) in [7, 11) is 0. The van der Waals surface area contributed by atoms with Gasteiger partial charge in [-0.1, -0.05) is 91.0 Å². The predicted molar refractivity (Wildman–Crippen MR) is 148 cm³/mol. The van der Waals surface area contributed by atoms with Crippen LogP contribution >= 0.6 is 0 Å². The van der Waals surface area contributed by atoms with E-state index in [2.05, 4.69) is 65.6 Å². The van der Waals surface area contributed by atoms with Crippen LogP contribution in [0.5, 0.6) is 0 Å². The van der Waals surface area contributed by atoms with Crippen molar-refractivity contribution in [3.05, 3.63) is 108 Å². The minimum atomic E-state index is -0.704. The second kappa shape index (κ2) is 11.9. The van der Waals surface area contributed by atoms with Crippen molar-refractivity contribution in [2.75, 3.05) is 13.2 Å². The minimum absolute atomic E-state index is 0.254. The van der Waals surface area contributed by atoms with Crippen molar-refractivity contribution in [2.45, 2.75) is 71.0 Å². The second-order valence-corrected chi connectivity index (χ2v) is 11.0. The van der Waals surface area contributed by atoms with Crippen molar-refractivity contribution in [3.8, 4) is 0 Å². The molecule has 4 rings (SSSR count). The van der Waals surface area contributed by atoms with Gasteiger partial charge in [0, 0.05) is 26.1 Å². The first-order valence-electron chi connectivity index (χ1n) is 13.2. The Morgan fingerprint density at radius 1 is 0.838 bits per heavy atom. The van der Waals surface area contributed by atoms with Gasteiger partial charge in [-0.2, -0.15) is 0 Å². The van der Waals surface area contributed by atoms with E-state index in [9.17, 15) is 4.79 Å². The van der Waals surface area contributed by atoms with E-state index in [4.69, 9.17) is 9.47 Å². The fourth-order valence-corrected chi connectivity index (χ4v) is 5.18. The summed E-state index contributed by atoms with van der Waals surface area (Å²) in [6, 6.07) is 31.3. The molecule has 1 aliphatic heterocycles. The van der Waals surface area contributed by atoms with Crippen LogP contribution in [0.4, 0.5) is 4.79 Å². The van der Waals surface area contributed by atoms with E-state index in [1.165, 1.54) is 11.1 Å². The highest BCUT2D eigenvalue weighted by molar-refractivity contribution is 5.70. The molecule has 0 aromatic heterocycles. The third-order valence-electron chi connectivity index (χ3n) is 6.94. The number of hydrogen-bond acceptors (Lipinski definition) is 4. The number of hydrogen-bond donors (Lipinski definition) is 0. The molecule has 3 aromatic carbocycles. The van der Waals surface area contributed by atoms with Gasteiger partial charge in [0.05, 0.1) is 12.1 Å². The average molecular weight is 501 g/mol. The SMILES string of the molecule is CC1(C)COC(C)(C)N1C(=O)OC(CCN(Cc1ccccc1)Cc1ccccc1)Cc1ccccc1. The van der Waals surface area contributed by atoms with E-state index in [1.807, 2.05) is 58.0 Å². The standard InChI is InChI=1S/C32H40N2O3/c1-31(2)25-36-32(3,4)34(31)30(35)37-29(22-26-14-8-5-9-15-26)20-21-33(23-27-16-10-6-11-17-27)24-28-18-12-7-13-19-28/h5-19,29H,20-25H2,1-4H3. The van der Waals surface area contributed by atoms with Crippen molar-refractivity contribution in [3.63, 3.8) is 0 Å². The molecular weight excluding hydrogens is 460 g/mol. The maximum absolute atomic E-state index is 13.5. The molecule has 1 atom stereocenters. The van der Waals surface area contributed by atoms with Gasteiger partial charge in [0.1, 0.15) is 11.8 Å². The topological polar surface area (TPSA) is 42.0 Å². The summed E-state index contributed by atoms with van der Waals surface area (Å²) in [5, 5.41) is 0. The Hall–Kier alpha value is -3.15. The van der Waals surface area contributed by atoms with E-state index in [0.717, 1.165) is 31.6 Å². The van der Waals surface area contributed by atoms with Crippen LogP contribution in [0.3, 0.4) is 0 Å². The molecule has 1 unspecified atom stereocenters. The van der Waals surface area contributed by atoms with Crippen molar-refractivity contribution in [1.82, 2.24) is 9.80 Å². The maximum Gasteiger partial charge on any atom is 0.412 e. The molecule has 0 spiro atoms. The van der Waals surface area contributed by atoms with Gasteiger partial charge in [0.25, 0.3) is 0 Å². The molecule has 1 saturated heterocycles. The summed E-state index contributed by atoms with van der Waals surface area (Å²) in [4.78, 5) is 17.7. The van der Waals surface area contributed by atoms with Crippen LogP contribution in [0.25, 0.3) is 0 Å². The molecule has 0 radical (unpaired) electrons. The van der Waals surface area contributed by atoms with Gasteiger partial charge in [-0.25, -0.2) is 4.79 Å². The summed E-state index contributed by atoms with van der Waals surface area (Å²) in [5.74, 6) is 0. The summed E-state index contributed by atoms with van der Waals surface area (Å²) in [6.45, 7) is 10.9. The molecule has 1 heterocycles. The Morgan fingerprint density at radius 3 is 1.78 bits per heavy atom. The highest BCUT2D eigenvalue weighted by Crippen LogP contribution is 2.35. The third-order valence-corrected chi connectivity index (χ3v) is 6.94. The lowest BCUT2D eigenvalue weighted by Crippen LogP contribution is -2.53. The zero-order valence-electron chi connectivity index (χ0n) is 22.6. The Bertz CT molecular complexity index is 1060. The molecule has 5 nitrogen and oxygen atoms in total. The molecule has 196 valence electrons. The zero-order valence-corrected chi connectivity index (χ0v) is 22.6. The van der Waals surface area contributed by atoms with Gasteiger partial charge < -0.3 is 9.47 Å². The number of carbonyl (C=O) groups is 1. The molecular formula is C32H40N2O3. The van der Waals surface area contributed by atoms with Crippen LogP contribution in [-0.4, -0.2) is 46.4 Å². The molecule has 3 aromatic rings. The van der Waals surface area contributed by atoms with Crippen LogP contribution in [0, 0.1) is 0 Å². The normalized spacial score (nSPS) is 17.1. The molecule has 0 bridgehead atoms. The molecule has 37 heavy (non-hydrogen) atoms. The van der Waals surface area contributed by atoms with Gasteiger partial charge in [-0.05, 0) is 50.8 Å². The van der Waals surface area contributed by atoms with Crippen LogP contribution in [0.15, 0.2) is 91.0 Å². The summed E-state index contributed by atoms with van der Waals surface area (Å²) in [6.07, 6.45) is 0.838. The van der Waals surface area contributed by atoms with Crippen molar-refractivity contribution >= 4 is 6.09 Å². The molecule has 0 saturated carbocycles. The molecule has 1 amide bonds. The smallest absolute Gasteiger partial charge is 0.412 e. The lowest BCUT2D eigenvalue weighted by molar-refractivity contribution is -0.0594. The minimum Gasteiger partial charge on any atom is -0.446 e. The fourth-order valence-electron chi connectivity index (χ4n) is 5.18. The molecule has 1 aliphatic rings. The van der Waals surface area contributed by atoms with Gasteiger partial charge in [-0.3, -0.25) is 9.80 Å². The quantitative estimate of drug-likeness (QED) is 0.312. The van der Waals surface area contributed by atoms with E-state index in [-0.39, 0.29) is 12.2 Å². The van der Waals surface area contributed by atoms with Gasteiger partial charge >= 0.3 is 6.09 Å². The highest BCUT2D eigenvalue weighted by Gasteiger charge is 2.50. The van der Waals surface area contributed by atoms with Gasteiger partial charge in [-0.15, -0.1) is 0 Å². The molecule has 0 aliphatic carbocycles. The average Bonchev–Trinajstić information content (AvgIpc) is 3.11. The Morgan fingerprint density at radius 2 is 1.32 bits per heavy atom. The lowest BCUT2D eigenvalue weighted by Gasteiger charge is -2.38. The van der Waals surface area contributed by atoms with Crippen molar-refractivity contribution in [1.29, 1.82) is 0 Å². The Labute approximate surface area is 222 Å². The van der Waals surface area contributed by atoms with Crippen molar-refractivity contribution < 1.29 is 14.3 Å². The van der Waals surface area contributed by atoms with E-state index >= 15 is 0 Å². The molecule has 0 N–H and O–H groups in total. The number of rotatable bonds is 10. The largest absolute Gasteiger partial charge is 0.446 e. The number of amides is 1. The summed E-state index contributed by atoms with van der Waals surface area (Å²) in [5.41, 5.74) is 2.57. The lowest BCUT2D eigenvalue weighted by atomic mass is 10.0. The number of nitrogens with zero attached hydrogens (tertiary/aromatic N) is 2. The monoisotopic (exact) mass is 500 g/mol. The fraction of sp³-hybridized carbons (Fsp3) is 0.406. The Balaban J connectivity index is 1.50. The van der Waals surface area contributed by atoms with Gasteiger partial charge in [0.2, 0.25) is 0 Å². The first-order valence-corrected chi connectivity index (χ1v) is 13.2. The second-order valence-electron chi connectivity index (χ2n) is 11.0. The molecule has 1 fully saturated rings. The highest BCUT2D eigenvalue weighted by atomic mass is 16.6. The zero-order chi connectivity index (χ0) is 26.3. The van der Waals surface area contributed by atoms with E-state index < -0.39 is 11.3 Å². The summed E-state index contributed by atoms with van der Waals surface area (Å²) >= 11 is 0. The maximum atomic E-state index is 13.5. The van der Waals surface area contributed by atoms with E-state index in [0.29, 0.717) is 13.0 Å². The third kappa shape index (κ3) is 7.43. The Kier molecular flexibility index (Phi) is 8.67. The first kappa shape index (κ1) is 26.9. The van der Waals surface area contributed by atoms with Crippen LogP contribution in [0.1, 0.15) is 50.8 Å². The van der Waals surface area contributed by atoms with Crippen molar-refractivity contribution in [2.24, 2.45) is 0 Å². The number of ether oxygens (including phenoxy) is 2. The predicted octanol–water partition coefficient (Wildman–Crippen LogP) is 6.67. The van der Waals surface area contributed by atoms with Crippen LogP contribution in [-0.2, 0) is 29.0 Å². The number of carbonyl (C=O) groups excluding carboxylic acids is 1. The first-order chi connectivity index (χ1) is 17.7. The molecule has 5 heteroatoms. The van der Waals surface area contributed by atoms with E-state index in [1.54, 1.807) is 4.90 Å². The van der Waals surface area contributed by atoms with Gasteiger partial charge in [0.15, 0.2) is 0 Å². The van der Waals surface area contributed by atoms with Crippen LogP contribution < -0.4 is 0 Å².